The van der Waals surface area contributed by atoms with Gasteiger partial charge >= 0.3 is 5.97 Å². The molecule has 0 aliphatic rings. The second-order valence-electron chi connectivity index (χ2n) is 3.59. The Balaban J connectivity index is 2.75. The second-order valence-corrected chi connectivity index (χ2v) is 3.97. The highest BCUT2D eigenvalue weighted by atomic mass is 35.5. The first-order chi connectivity index (χ1) is 7.54. The standard InChI is InChI=1S/C11H11ClN2O2/c1-14-7-5-3-2-4-6(7)8(12)10(14)9(13)11(15)16/h2-5,9H,13H2,1H3,(H,15,16). The number of aryl methyl sites for hydroxylation is 1. The normalized spacial score (nSPS) is 12.9. The van der Waals surface area contributed by atoms with Crippen LogP contribution in [-0.2, 0) is 11.8 Å². The molecule has 0 radical (unpaired) electrons. The number of hydrogen-bond donors (Lipinski definition) is 2. The minimum atomic E-state index is -1.11. The smallest absolute Gasteiger partial charge is 0.326 e. The molecule has 1 aromatic carbocycles. The number of halogens is 1. The van der Waals surface area contributed by atoms with E-state index >= 15 is 0 Å². The molecule has 0 aliphatic heterocycles. The van der Waals surface area contributed by atoms with E-state index in [1.54, 1.807) is 11.6 Å². The van der Waals surface area contributed by atoms with Gasteiger partial charge in [-0.05, 0) is 6.07 Å². The molecular weight excluding hydrogens is 228 g/mol. The lowest BCUT2D eigenvalue weighted by Gasteiger charge is -2.09. The van der Waals surface area contributed by atoms with Crippen LogP contribution in [0.15, 0.2) is 24.3 Å². The number of carboxylic acids is 1. The molecule has 0 spiro atoms. The molecule has 1 aromatic heterocycles. The molecule has 2 aromatic rings. The van der Waals surface area contributed by atoms with Gasteiger partial charge in [0.25, 0.3) is 0 Å². The fourth-order valence-electron chi connectivity index (χ4n) is 1.83. The average Bonchev–Trinajstić information content (AvgIpc) is 2.52. The van der Waals surface area contributed by atoms with Crippen LogP contribution < -0.4 is 5.73 Å². The third-order valence-electron chi connectivity index (χ3n) is 2.65. The van der Waals surface area contributed by atoms with Crippen LogP contribution in [0.5, 0.6) is 0 Å². The van der Waals surface area contributed by atoms with E-state index in [-0.39, 0.29) is 0 Å². The Labute approximate surface area is 97.2 Å². The van der Waals surface area contributed by atoms with Gasteiger partial charge in [0.05, 0.1) is 10.7 Å². The van der Waals surface area contributed by atoms with E-state index in [0.717, 1.165) is 10.9 Å². The summed E-state index contributed by atoms with van der Waals surface area (Å²) in [6.45, 7) is 0. The molecule has 0 saturated carbocycles. The number of benzene rings is 1. The number of aromatic nitrogens is 1. The van der Waals surface area contributed by atoms with Crippen LogP contribution >= 0.6 is 11.6 Å². The summed E-state index contributed by atoms with van der Waals surface area (Å²) in [5, 5.41) is 10.1. The topological polar surface area (TPSA) is 68.2 Å². The van der Waals surface area contributed by atoms with Crippen LogP contribution in [-0.4, -0.2) is 15.6 Å². The molecule has 0 amide bonds. The lowest BCUT2D eigenvalue weighted by atomic mass is 10.2. The predicted molar refractivity (Wildman–Crippen MR) is 62.5 cm³/mol. The van der Waals surface area contributed by atoms with E-state index in [2.05, 4.69) is 0 Å². The van der Waals surface area contributed by atoms with Gasteiger partial charge in [0.1, 0.15) is 6.04 Å². The van der Waals surface area contributed by atoms with Gasteiger partial charge in [0.15, 0.2) is 0 Å². The molecule has 1 heterocycles. The number of nitrogens with two attached hydrogens (primary N) is 1. The Kier molecular flexibility index (Phi) is 2.61. The average molecular weight is 239 g/mol. The van der Waals surface area contributed by atoms with Gasteiger partial charge in [-0.15, -0.1) is 0 Å². The number of rotatable bonds is 2. The monoisotopic (exact) mass is 238 g/mol. The van der Waals surface area contributed by atoms with E-state index in [9.17, 15) is 4.79 Å². The van der Waals surface area contributed by atoms with E-state index in [1.807, 2.05) is 24.3 Å². The van der Waals surface area contributed by atoms with E-state index in [0.29, 0.717) is 10.7 Å². The van der Waals surface area contributed by atoms with Gasteiger partial charge in [-0.25, -0.2) is 0 Å². The zero-order valence-corrected chi connectivity index (χ0v) is 9.40. The molecular formula is C11H11ClN2O2. The van der Waals surface area contributed by atoms with Gasteiger partial charge in [0.2, 0.25) is 0 Å². The van der Waals surface area contributed by atoms with Crippen molar-refractivity contribution in [2.24, 2.45) is 12.8 Å². The van der Waals surface area contributed by atoms with Crippen molar-refractivity contribution in [2.75, 3.05) is 0 Å². The summed E-state index contributed by atoms with van der Waals surface area (Å²) >= 11 is 6.14. The van der Waals surface area contributed by atoms with Crippen LogP contribution in [0.2, 0.25) is 5.02 Å². The Morgan fingerprint density at radius 3 is 2.69 bits per heavy atom. The number of aliphatic carboxylic acids is 1. The second kappa shape index (κ2) is 3.81. The zero-order valence-electron chi connectivity index (χ0n) is 8.64. The molecule has 0 bridgehead atoms. The Morgan fingerprint density at radius 1 is 1.50 bits per heavy atom. The van der Waals surface area contributed by atoms with Crippen LogP contribution in [0, 0.1) is 0 Å². The maximum atomic E-state index is 10.9. The van der Waals surface area contributed by atoms with E-state index in [4.69, 9.17) is 22.4 Å². The molecule has 4 nitrogen and oxygen atoms in total. The van der Waals surface area contributed by atoms with Crippen molar-refractivity contribution in [1.29, 1.82) is 0 Å². The first-order valence-corrected chi connectivity index (χ1v) is 5.13. The number of hydrogen-bond acceptors (Lipinski definition) is 2. The molecule has 16 heavy (non-hydrogen) atoms. The summed E-state index contributed by atoms with van der Waals surface area (Å²) in [6.07, 6.45) is 0. The molecule has 0 saturated heterocycles. The highest BCUT2D eigenvalue weighted by Crippen LogP contribution is 2.32. The van der Waals surface area contributed by atoms with Crippen molar-refractivity contribution in [2.45, 2.75) is 6.04 Å². The first-order valence-electron chi connectivity index (χ1n) is 4.75. The Bertz CT molecular complexity index is 523. The van der Waals surface area contributed by atoms with Crippen molar-refractivity contribution in [1.82, 2.24) is 4.57 Å². The third-order valence-corrected chi connectivity index (χ3v) is 3.05. The van der Waals surface area contributed by atoms with Crippen molar-refractivity contribution >= 4 is 28.5 Å². The lowest BCUT2D eigenvalue weighted by molar-refractivity contribution is -0.138. The lowest BCUT2D eigenvalue weighted by Crippen LogP contribution is -2.23. The Hall–Kier alpha value is -1.52. The summed E-state index contributed by atoms with van der Waals surface area (Å²) < 4.78 is 1.72. The fourth-order valence-corrected chi connectivity index (χ4v) is 2.23. The minimum absolute atomic E-state index is 0.410. The molecule has 3 N–H and O–H groups in total. The quantitative estimate of drug-likeness (QED) is 0.840. The van der Waals surface area contributed by atoms with Gasteiger partial charge in [0, 0.05) is 18.0 Å². The Morgan fingerprint density at radius 2 is 2.12 bits per heavy atom. The number of para-hydroxylation sites is 1. The number of nitrogens with zero attached hydrogens (tertiary/aromatic N) is 1. The van der Waals surface area contributed by atoms with E-state index in [1.165, 1.54) is 0 Å². The predicted octanol–water partition coefficient (Wildman–Crippen LogP) is 1.92. The molecule has 1 unspecified atom stereocenters. The summed E-state index contributed by atoms with van der Waals surface area (Å²) in [4.78, 5) is 10.9. The van der Waals surface area contributed by atoms with E-state index < -0.39 is 12.0 Å². The van der Waals surface area contributed by atoms with Gasteiger partial charge < -0.3 is 15.4 Å². The van der Waals surface area contributed by atoms with Crippen LogP contribution in [0.4, 0.5) is 0 Å². The summed E-state index contributed by atoms with van der Waals surface area (Å²) in [5.74, 6) is -1.09. The minimum Gasteiger partial charge on any atom is -0.480 e. The molecule has 0 aliphatic carbocycles. The highest BCUT2D eigenvalue weighted by Gasteiger charge is 2.23. The van der Waals surface area contributed by atoms with Crippen molar-refractivity contribution in [3.63, 3.8) is 0 Å². The summed E-state index contributed by atoms with van der Waals surface area (Å²) in [7, 11) is 1.76. The largest absolute Gasteiger partial charge is 0.480 e. The van der Waals surface area contributed by atoms with Gasteiger partial charge in [-0.3, -0.25) is 4.79 Å². The summed E-state index contributed by atoms with van der Waals surface area (Å²) in [6, 6.07) is 6.33. The molecule has 84 valence electrons. The number of carbonyl (C=O) groups is 1. The molecule has 2 rings (SSSR count). The van der Waals surface area contributed by atoms with Crippen molar-refractivity contribution in [3.8, 4) is 0 Å². The van der Waals surface area contributed by atoms with Crippen molar-refractivity contribution in [3.05, 3.63) is 35.0 Å². The zero-order chi connectivity index (χ0) is 11.9. The SMILES string of the molecule is Cn1c(C(N)C(=O)O)c(Cl)c2ccccc21. The summed E-state index contributed by atoms with van der Waals surface area (Å²) in [5.41, 5.74) is 6.90. The first kappa shape index (κ1) is 11.0. The van der Waals surface area contributed by atoms with Crippen LogP contribution in [0.1, 0.15) is 11.7 Å². The van der Waals surface area contributed by atoms with Gasteiger partial charge in [-0.2, -0.15) is 0 Å². The maximum absolute atomic E-state index is 10.9. The van der Waals surface area contributed by atoms with Crippen molar-refractivity contribution < 1.29 is 9.90 Å². The van der Waals surface area contributed by atoms with Crippen LogP contribution in [0.25, 0.3) is 10.9 Å². The molecule has 1 atom stereocenters. The highest BCUT2D eigenvalue weighted by molar-refractivity contribution is 6.36. The third kappa shape index (κ3) is 1.47. The molecule has 5 heteroatoms. The number of carboxylic acid groups (broad SMARTS) is 1. The van der Waals surface area contributed by atoms with Gasteiger partial charge in [-0.1, -0.05) is 29.8 Å². The number of fused-ring (bicyclic) bond motifs is 1. The van der Waals surface area contributed by atoms with Crippen LogP contribution in [0.3, 0.4) is 0 Å². The fraction of sp³-hybridized carbons (Fsp3) is 0.182. The molecule has 0 fully saturated rings. The maximum Gasteiger partial charge on any atom is 0.326 e.